The van der Waals surface area contributed by atoms with Gasteiger partial charge in [0.2, 0.25) is 0 Å². The molecule has 0 bridgehead atoms. The molecular formula is C29H43N5O2. The number of unbranched alkanes of at least 4 members (excludes halogenated alkanes) is 10. The lowest BCUT2D eigenvalue weighted by atomic mass is 10.1. The van der Waals surface area contributed by atoms with E-state index in [1.54, 1.807) is 16.8 Å². The molecule has 7 heteroatoms. The summed E-state index contributed by atoms with van der Waals surface area (Å²) in [5.41, 5.74) is 2.13. The van der Waals surface area contributed by atoms with E-state index in [-0.39, 0.29) is 22.5 Å². The summed E-state index contributed by atoms with van der Waals surface area (Å²) in [4.78, 5) is 31.3. The van der Waals surface area contributed by atoms with E-state index in [9.17, 15) is 9.59 Å². The highest BCUT2D eigenvalue weighted by atomic mass is 16.1. The minimum absolute atomic E-state index is 0.126. The predicted molar refractivity (Wildman–Crippen MR) is 147 cm³/mol. The van der Waals surface area contributed by atoms with E-state index in [2.05, 4.69) is 19.2 Å². The molecule has 0 aromatic carbocycles. The monoisotopic (exact) mass is 493 g/mol. The number of aryl methyl sites for hydroxylation is 2. The van der Waals surface area contributed by atoms with E-state index in [1.807, 2.05) is 19.1 Å². The number of hydrogen-bond acceptors (Lipinski definition) is 4. The fourth-order valence-corrected chi connectivity index (χ4v) is 4.74. The quantitative estimate of drug-likeness (QED) is 0.204. The van der Waals surface area contributed by atoms with Crippen molar-refractivity contribution in [3.8, 4) is 0 Å². The van der Waals surface area contributed by atoms with Crippen molar-refractivity contribution in [2.45, 2.75) is 104 Å². The summed E-state index contributed by atoms with van der Waals surface area (Å²) in [6, 6.07) is 5.32. The molecule has 3 rings (SSSR count). The molecule has 0 aliphatic rings. The molecular weight excluding hydrogens is 450 g/mol. The van der Waals surface area contributed by atoms with Crippen LogP contribution in [0.5, 0.6) is 0 Å². The number of nitrogens with one attached hydrogen (secondary N) is 2. The molecule has 36 heavy (non-hydrogen) atoms. The number of aromatic nitrogens is 3. The Kier molecular flexibility index (Phi) is 10.7. The van der Waals surface area contributed by atoms with Crippen LogP contribution in [-0.2, 0) is 6.54 Å². The number of carbonyl (C=O) groups excluding carboxylic acids is 1. The molecule has 0 saturated carbocycles. The summed E-state index contributed by atoms with van der Waals surface area (Å²) in [5, 5.41) is 12.2. The van der Waals surface area contributed by atoms with Crippen LogP contribution < -0.4 is 16.4 Å². The summed E-state index contributed by atoms with van der Waals surface area (Å²) in [7, 11) is 0. The van der Waals surface area contributed by atoms with Gasteiger partial charge >= 0.3 is 0 Å². The summed E-state index contributed by atoms with van der Waals surface area (Å²) in [6.07, 6.45) is 15.3. The van der Waals surface area contributed by atoms with Crippen molar-refractivity contribution in [2.75, 3.05) is 6.54 Å². The number of rotatable bonds is 15. The third-order valence-corrected chi connectivity index (χ3v) is 6.93. The van der Waals surface area contributed by atoms with Gasteiger partial charge in [0.15, 0.2) is 0 Å². The average Bonchev–Trinajstić information content (AvgIpc) is 2.87. The predicted octanol–water partition coefficient (Wildman–Crippen LogP) is 5.89. The summed E-state index contributed by atoms with van der Waals surface area (Å²) in [5.74, 6) is -0.291. The van der Waals surface area contributed by atoms with Gasteiger partial charge in [0.1, 0.15) is 16.8 Å². The zero-order valence-electron chi connectivity index (χ0n) is 22.4. The van der Waals surface area contributed by atoms with Crippen LogP contribution in [-0.4, -0.2) is 26.4 Å². The SMILES string of the molecule is CCCCCCCCNC(=O)c1cc2c(=O)n3cccc(C)c3nc2n(CCCCCCCC)c1=N. The Morgan fingerprint density at radius 3 is 2.28 bits per heavy atom. The van der Waals surface area contributed by atoms with Crippen LogP contribution in [0.3, 0.4) is 0 Å². The summed E-state index contributed by atoms with van der Waals surface area (Å²) in [6.45, 7) is 7.47. The van der Waals surface area contributed by atoms with Gasteiger partial charge in [0.05, 0.1) is 10.9 Å². The molecule has 0 fully saturated rings. The lowest BCUT2D eigenvalue weighted by Gasteiger charge is -2.15. The molecule has 3 aromatic heterocycles. The zero-order valence-corrected chi connectivity index (χ0v) is 22.4. The number of carbonyl (C=O) groups is 1. The van der Waals surface area contributed by atoms with E-state index >= 15 is 0 Å². The van der Waals surface area contributed by atoms with E-state index in [4.69, 9.17) is 10.4 Å². The smallest absolute Gasteiger partial charge is 0.267 e. The Bertz CT molecular complexity index is 1270. The summed E-state index contributed by atoms with van der Waals surface area (Å²) < 4.78 is 3.30. The minimum Gasteiger partial charge on any atom is -0.352 e. The van der Waals surface area contributed by atoms with Crippen LogP contribution in [0, 0.1) is 12.3 Å². The first-order chi connectivity index (χ1) is 17.5. The number of fused-ring (bicyclic) bond motifs is 2. The van der Waals surface area contributed by atoms with Crippen molar-refractivity contribution in [3.63, 3.8) is 0 Å². The first kappa shape index (κ1) is 27.6. The average molecular weight is 494 g/mol. The van der Waals surface area contributed by atoms with Gasteiger partial charge in [-0.05, 0) is 37.5 Å². The Morgan fingerprint density at radius 1 is 0.944 bits per heavy atom. The van der Waals surface area contributed by atoms with Crippen LogP contribution >= 0.6 is 0 Å². The number of amides is 1. The van der Waals surface area contributed by atoms with E-state index in [0.717, 1.165) is 37.7 Å². The van der Waals surface area contributed by atoms with Gasteiger partial charge in [-0.15, -0.1) is 0 Å². The molecule has 0 saturated heterocycles. The first-order valence-corrected chi connectivity index (χ1v) is 13.9. The van der Waals surface area contributed by atoms with Crippen molar-refractivity contribution in [2.24, 2.45) is 0 Å². The molecule has 0 aliphatic carbocycles. The topological polar surface area (TPSA) is 92.2 Å². The Balaban J connectivity index is 1.90. The van der Waals surface area contributed by atoms with Crippen molar-refractivity contribution < 1.29 is 4.79 Å². The van der Waals surface area contributed by atoms with Gasteiger partial charge in [0, 0.05) is 19.3 Å². The van der Waals surface area contributed by atoms with Crippen molar-refractivity contribution >= 4 is 22.6 Å². The Labute approximate surface area is 214 Å². The molecule has 1 amide bonds. The fraction of sp³-hybridized carbons (Fsp3) is 0.586. The third kappa shape index (κ3) is 6.83. The van der Waals surface area contributed by atoms with Crippen molar-refractivity contribution in [3.05, 3.63) is 51.4 Å². The van der Waals surface area contributed by atoms with Gasteiger partial charge < -0.3 is 9.88 Å². The standard InChI is InChI=1S/C29H43N5O2/c1-4-6-8-10-12-14-18-31-28(35)23-21-24-27(32-26-22(3)17-16-20-34(26)29(24)36)33(25(23)30)19-15-13-11-9-7-5-2/h16-17,20-21,30H,4-15,18-19H2,1-3H3,(H,31,35). The summed E-state index contributed by atoms with van der Waals surface area (Å²) >= 11 is 0. The second-order valence-corrected chi connectivity index (χ2v) is 9.89. The van der Waals surface area contributed by atoms with Gasteiger partial charge in [0.25, 0.3) is 11.5 Å². The van der Waals surface area contributed by atoms with Gasteiger partial charge in [-0.2, -0.15) is 0 Å². The highest BCUT2D eigenvalue weighted by molar-refractivity contribution is 5.96. The van der Waals surface area contributed by atoms with Crippen LogP contribution in [0.15, 0.2) is 29.2 Å². The first-order valence-electron chi connectivity index (χ1n) is 13.9. The minimum atomic E-state index is -0.291. The van der Waals surface area contributed by atoms with Crippen LogP contribution in [0.25, 0.3) is 16.7 Å². The van der Waals surface area contributed by atoms with Crippen molar-refractivity contribution in [1.29, 1.82) is 5.41 Å². The maximum Gasteiger partial charge on any atom is 0.267 e. The Morgan fingerprint density at radius 2 is 1.58 bits per heavy atom. The van der Waals surface area contributed by atoms with Gasteiger partial charge in [-0.3, -0.25) is 19.4 Å². The molecule has 7 nitrogen and oxygen atoms in total. The molecule has 0 spiro atoms. The van der Waals surface area contributed by atoms with Crippen LogP contribution in [0.4, 0.5) is 0 Å². The molecule has 3 heterocycles. The second-order valence-electron chi connectivity index (χ2n) is 9.89. The normalized spacial score (nSPS) is 11.4. The number of pyridine rings is 2. The molecule has 0 unspecified atom stereocenters. The largest absolute Gasteiger partial charge is 0.352 e. The fourth-order valence-electron chi connectivity index (χ4n) is 4.74. The third-order valence-electron chi connectivity index (χ3n) is 6.93. The number of nitrogens with zero attached hydrogens (tertiary/aromatic N) is 3. The van der Waals surface area contributed by atoms with E-state index < -0.39 is 0 Å². The van der Waals surface area contributed by atoms with Gasteiger partial charge in [-0.25, -0.2) is 4.98 Å². The van der Waals surface area contributed by atoms with Gasteiger partial charge in [-0.1, -0.05) is 84.1 Å². The molecule has 3 aromatic rings. The second kappa shape index (κ2) is 14.0. The Hall–Kier alpha value is -2.96. The van der Waals surface area contributed by atoms with Crippen LogP contribution in [0.2, 0.25) is 0 Å². The maximum atomic E-state index is 13.4. The zero-order chi connectivity index (χ0) is 25.9. The molecule has 0 radical (unpaired) electrons. The highest BCUT2D eigenvalue weighted by Crippen LogP contribution is 2.14. The molecule has 2 N–H and O–H groups in total. The molecule has 0 aliphatic heterocycles. The molecule has 196 valence electrons. The lowest BCUT2D eigenvalue weighted by Crippen LogP contribution is -2.35. The van der Waals surface area contributed by atoms with Crippen molar-refractivity contribution in [1.82, 2.24) is 19.3 Å². The van der Waals surface area contributed by atoms with E-state index in [1.165, 1.54) is 49.3 Å². The van der Waals surface area contributed by atoms with Crippen LogP contribution in [0.1, 0.15) is 107 Å². The maximum absolute atomic E-state index is 13.4. The highest BCUT2D eigenvalue weighted by Gasteiger charge is 2.17. The van der Waals surface area contributed by atoms with E-state index in [0.29, 0.717) is 29.8 Å². The number of hydrogen-bond donors (Lipinski definition) is 2. The molecule has 0 atom stereocenters. The lowest BCUT2D eigenvalue weighted by molar-refractivity contribution is 0.0950.